The van der Waals surface area contributed by atoms with Crippen molar-refractivity contribution in [2.45, 2.75) is 39.5 Å². The normalized spacial score (nSPS) is 12.5. The average Bonchev–Trinajstić information content (AvgIpc) is 2.10. The fourth-order valence-corrected chi connectivity index (χ4v) is 0.906. The van der Waals surface area contributed by atoms with Gasteiger partial charge in [0.05, 0.1) is 0 Å². The molecule has 0 amide bonds. The van der Waals surface area contributed by atoms with Crippen molar-refractivity contribution in [3.63, 3.8) is 0 Å². The van der Waals surface area contributed by atoms with Crippen molar-refractivity contribution in [3.05, 3.63) is 36.5 Å². The second-order valence-electron chi connectivity index (χ2n) is 2.73. The quantitative estimate of drug-likeness (QED) is 0.406. The van der Waals surface area contributed by atoms with Crippen LogP contribution in [0.5, 0.6) is 0 Å². The molecule has 0 fully saturated rings. The number of allylic oxidation sites excluding steroid dienone is 6. The summed E-state index contributed by atoms with van der Waals surface area (Å²) < 4.78 is 0. The summed E-state index contributed by atoms with van der Waals surface area (Å²) in [7, 11) is 0. The maximum absolute atomic E-state index is 2.25. The van der Waals surface area contributed by atoms with Gasteiger partial charge in [-0.25, -0.2) is 0 Å². The minimum absolute atomic E-state index is 1.08. The van der Waals surface area contributed by atoms with Crippen molar-refractivity contribution < 1.29 is 0 Å². The molecule has 0 nitrogen and oxygen atoms in total. The van der Waals surface area contributed by atoms with E-state index in [2.05, 4.69) is 50.3 Å². The predicted octanol–water partition coefficient (Wildman–Crippen LogP) is 4.26. The molecular formula is C12H20. The monoisotopic (exact) mass is 164 g/mol. The highest BCUT2D eigenvalue weighted by Crippen LogP contribution is 1.95. The molecule has 0 heteroatoms. The van der Waals surface area contributed by atoms with Crippen LogP contribution in [0.25, 0.3) is 0 Å². The number of rotatable bonds is 6. The SMILES string of the molecule is CC=CCC=CCCC=CCC. The van der Waals surface area contributed by atoms with Gasteiger partial charge in [-0.15, -0.1) is 0 Å². The lowest BCUT2D eigenvalue weighted by atomic mass is 10.2. The van der Waals surface area contributed by atoms with Crippen molar-refractivity contribution in [1.82, 2.24) is 0 Å². The molecule has 0 rings (SSSR count). The van der Waals surface area contributed by atoms with Gasteiger partial charge in [-0.2, -0.15) is 0 Å². The standard InChI is InChI=1S/C12H20/c1-3-5-7-9-11-12-10-8-6-4-2/h3,5-6,8-9,11H,4,7,10,12H2,1-2H3. The summed E-state index contributed by atoms with van der Waals surface area (Å²) in [6.45, 7) is 4.22. The summed E-state index contributed by atoms with van der Waals surface area (Å²) in [5.74, 6) is 0. The van der Waals surface area contributed by atoms with Gasteiger partial charge in [0, 0.05) is 0 Å². The predicted molar refractivity (Wildman–Crippen MR) is 57.2 cm³/mol. The highest BCUT2D eigenvalue weighted by Gasteiger charge is 1.75. The van der Waals surface area contributed by atoms with E-state index in [0.29, 0.717) is 0 Å². The molecule has 0 aromatic heterocycles. The first kappa shape index (κ1) is 11.2. The van der Waals surface area contributed by atoms with Gasteiger partial charge in [-0.05, 0) is 32.6 Å². The van der Waals surface area contributed by atoms with Crippen LogP contribution in [0, 0.1) is 0 Å². The summed E-state index contributed by atoms with van der Waals surface area (Å²) in [6, 6.07) is 0. The highest BCUT2D eigenvalue weighted by atomic mass is 13.8. The van der Waals surface area contributed by atoms with E-state index in [4.69, 9.17) is 0 Å². The van der Waals surface area contributed by atoms with Crippen LogP contribution in [0.15, 0.2) is 36.5 Å². The van der Waals surface area contributed by atoms with Crippen LogP contribution in [-0.2, 0) is 0 Å². The maximum atomic E-state index is 2.25. The largest absolute Gasteiger partial charge is 0.0914 e. The van der Waals surface area contributed by atoms with Crippen molar-refractivity contribution in [2.75, 3.05) is 0 Å². The topological polar surface area (TPSA) is 0 Å². The Bertz CT molecular complexity index is 149. The van der Waals surface area contributed by atoms with Crippen LogP contribution in [0.2, 0.25) is 0 Å². The van der Waals surface area contributed by atoms with Crippen LogP contribution < -0.4 is 0 Å². The lowest BCUT2D eigenvalue weighted by Crippen LogP contribution is -1.65. The highest BCUT2D eigenvalue weighted by molar-refractivity contribution is 4.92. The second-order valence-corrected chi connectivity index (χ2v) is 2.73. The van der Waals surface area contributed by atoms with Gasteiger partial charge < -0.3 is 0 Å². The van der Waals surface area contributed by atoms with Crippen LogP contribution in [0.3, 0.4) is 0 Å². The molecule has 0 heterocycles. The first-order valence-electron chi connectivity index (χ1n) is 4.83. The van der Waals surface area contributed by atoms with E-state index in [1.807, 2.05) is 0 Å². The zero-order valence-electron chi connectivity index (χ0n) is 8.29. The summed E-state index contributed by atoms with van der Waals surface area (Å²) >= 11 is 0. The van der Waals surface area contributed by atoms with Gasteiger partial charge in [0.15, 0.2) is 0 Å². The Morgan fingerprint density at radius 1 is 0.833 bits per heavy atom. The molecule has 0 radical (unpaired) electrons. The molecule has 0 spiro atoms. The summed E-state index contributed by atoms with van der Waals surface area (Å²) in [6.07, 6.45) is 17.8. The van der Waals surface area contributed by atoms with E-state index < -0.39 is 0 Å². The Morgan fingerprint density at radius 3 is 2.08 bits per heavy atom. The molecule has 0 aromatic rings. The van der Waals surface area contributed by atoms with Crippen molar-refractivity contribution >= 4 is 0 Å². The average molecular weight is 164 g/mol. The van der Waals surface area contributed by atoms with E-state index in [-0.39, 0.29) is 0 Å². The molecule has 0 N–H and O–H groups in total. The molecule has 0 aliphatic rings. The summed E-state index contributed by atoms with van der Waals surface area (Å²) in [4.78, 5) is 0. The third kappa shape index (κ3) is 9.22. The molecule has 0 saturated carbocycles. The molecule has 0 atom stereocenters. The van der Waals surface area contributed by atoms with Gasteiger partial charge in [-0.3, -0.25) is 0 Å². The lowest BCUT2D eigenvalue weighted by Gasteiger charge is -1.85. The van der Waals surface area contributed by atoms with Crippen LogP contribution in [0.1, 0.15) is 39.5 Å². The van der Waals surface area contributed by atoms with Gasteiger partial charge >= 0.3 is 0 Å². The van der Waals surface area contributed by atoms with Gasteiger partial charge in [-0.1, -0.05) is 43.4 Å². The van der Waals surface area contributed by atoms with Gasteiger partial charge in [0.1, 0.15) is 0 Å². The smallest absolute Gasteiger partial charge is 0.0169 e. The van der Waals surface area contributed by atoms with E-state index in [1.54, 1.807) is 0 Å². The van der Waals surface area contributed by atoms with Crippen molar-refractivity contribution in [2.24, 2.45) is 0 Å². The summed E-state index contributed by atoms with van der Waals surface area (Å²) in [5.41, 5.74) is 0. The minimum atomic E-state index is 1.08. The Morgan fingerprint density at radius 2 is 1.50 bits per heavy atom. The first-order chi connectivity index (χ1) is 5.91. The van der Waals surface area contributed by atoms with E-state index in [9.17, 15) is 0 Å². The third-order valence-corrected chi connectivity index (χ3v) is 1.58. The fraction of sp³-hybridized carbons (Fsp3) is 0.500. The zero-order chi connectivity index (χ0) is 9.07. The van der Waals surface area contributed by atoms with E-state index >= 15 is 0 Å². The molecule has 0 aliphatic carbocycles. The second kappa shape index (κ2) is 10.2. The molecular weight excluding hydrogens is 144 g/mol. The minimum Gasteiger partial charge on any atom is -0.0914 e. The number of hydrogen-bond donors (Lipinski definition) is 0. The zero-order valence-corrected chi connectivity index (χ0v) is 8.29. The molecule has 0 aliphatic heterocycles. The van der Waals surface area contributed by atoms with Crippen LogP contribution in [-0.4, -0.2) is 0 Å². The Kier molecular flexibility index (Phi) is 9.56. The fourth-order valence-electron chi connectivity index (χ4n) is 0.906. The Labute approximate surface area is 76.7 Å². The molecule has 0 aromatic carbocycles. The Balaban J connectivity index is 3.18. The number of unbranched alkanes of at least 4 members (excludes halogenated alkanes) is 1. The summed E-state index contributed by atoms with van der Waals surface area (Å²) in [5, 5.41) is 0. The Hall–Kier alpha value is -0.780. The van der Waals surface area contributed by atoms with E-state index in [0.717, 1.165) is 12.8 Å². The number of hydrogen-bond acceptors (Lipinski definition) is 0. The van der Waals surface area contributed by atoms with Crippen LogP contribution in [0.4, 0.5) is 0 Å². The van der Waals surface area contributed by atoms with Crippen molar-refractivity contribution in [1.29, 1.82) is 0 Å². The molecule has 0 bridgehead atoms. The molecule has 0 saturated heterocycles. The van der Waals surface area contributed by atoms with Crippen molar-refractivity contribution in [3.8, 4) is 0 Å². The molecule has 68 valence electrons. The van der Waals surface area contributed by atoms with Crippen LogP contribution >= 0.6 is 0 Å². The molecule has 12 heavy (non-hydrogen) atoms. The molecule has 0 unspecified atom stereocenters. The first-order valence-corrected chi connectivity index (χ1v) is 4.83. The maximum Gasteiger partial charge on any atom is -0.0169 e. The third-order valence-electron chi connectivity index (χ3n) is 1.58. The van der Waals surface area contributed by atoms with Gasteiger partial charge in [0.2, 0.25) is 0 Å². The lowest BCUT2D eigenvalue weighted by molar-refractivity contribution is 1.03. The van der Waals surface area contributed by atoms with E-state index in [1.165, 1.54) is 12.8 Å². The van der Waals surface area contributed by atoms with Gasteiger partial charge in [0.25, 0.3) is 0 Å².